The maximum absolute atomic E-state index is 10.4. The molecule has 0 N–H and O–H groups in total. The van der Waals surface area contributed by atoms with Crippen molar-refractivity contribution >= 4 is 33.8 Å². The van der Waals surface area contributed by atoms with E-state index in [0.717, 1.165) is 28.1 Å². The van der Waals surface area contributed by atoms with Crippen LogP contribution in [-0.2, 0) is 10.3 Å². The average Bonchev–Trinajstić information content (AvgIpc) is 3.17. The number of hydrogen-bond donors (Lipinski definition) is 0. The van der Waals surface area contributed by atoms with Gasteiger partial charge in [0.05, 0.1) is 5.54 Å². The zero-order chi connectivity index (χ0) is 11.9. The highest BCUT2D eigenvalue weighted by atomic mass is 79.9. The van der Waals surface area contributed by atoms with Crippen molar-refractivity contribution in [2.45, 2.75) is 41.4 Å². The Morgan fingerprint density at radius 3 is 2.71 bits per heavy atom. The van der Waals surface area contributed by atoms with Gasteiger partial charge >= 0.3 is 0 Å². The quantitative estimate of drug-likeness (QED) is 0.621. The number of hydrogen-bond acceptors (Lipinski definition) is 3. The third-order valence-corrected chi connectivity index (χ3v) is 5.60. The highest BCUT2D eigenvalue weighted by Crippen LogP contribution is 2.51. The van der Waals surface area contributed by atoms with Crippen LogP contribution in [0, 0.1) is 0 Å². The van der Waals surface area contributed by atoms with E-state index in [1.54, 1.807) is 6.08 Å². The molecule has 0 aromatic heterocycles. The number of aliphatic imine (C=N–C) groups is 1. The van der Waals surface area contributed by atoms with Gasteiger partial charge in [-0.25, -0.2) is 4.79 Å². The molecule has 2 fully saturated rings. The van der Waals surface area contributed by atoms with Crippen LogP contribution in [0.5, 0.6) is 0 Å². The highest BCUT2D eigenvalue weighted by Gasteiger charge is 2.45. The summed E-state index contributed by atoms with van der Waals surface area (Å²) in [6, 6.07) is 6.35. The minimum Gasteiger partial charge on any atom is -0.211 e. The highest BCUT2D eigenvalue weighted by molar-refractivity contribution is 9.10. The first-order valence-electron chi connectivity index (χ1n) is 5.79. The molecule has 2 aliphatic carbocycles. The Bertz CT molecular complexity index is 502. The molecule has 0 bridgehead atoms. The first-order chi connectivity index (χ1) is 8.23. The summed E-state index contributed by atoms with van der Waals surface area (Å²) in [5, 5.41) is 0.806. The van der Waals surface area contributed by atoms with Crippen LogP contribution in [0.4, 0.5) is 0 Å². The van der Waals surface area contributed by atoms with Crippen LogP contribution in [0.15, 0.2) is 32.6 Å². The van der Waals surface area contributed by atoms with E-state index in [1.165, 1.54) is 17.7 Å². The van der Waals surface area contributed by atoms with E-state index >= 15 is 0 Å². The second kappa shape index (κ2) is 4.27. The number of rotatable bonds is 4. The molecule has 0 atom stereocenters. The summed E-state index contributed by atoms with van der Waals surface area (Å²) in [6.07, 6.45) is 6.29. The third kappa shape index (κ3) is 2.35. The standard InChI is InChI=1S/C13H12BrNOS/c14-11-7-9(13(5-6-13)15-8-16)1-4-12(11)17-10-2-3-10/h1,4,7,10H,2-3,5-6H2. The van der Waals surface area contributed by atoms with Crippen LogP contribution in [0.3, 0.4) is 0 Å². The van der Waals surface area contributed by atoms with E-state index in [9.17, 15) is 4.79 Å². The molecular formula is C13H12BrNOS. The summed E-state index contributed by atoms with van der Waals surface area (Å²) in [7, 11) is 0. The van der Waals surface area contributed by atoms with Crippen LogP contribution >= 0.6 is 27.7 Å². The van der Waals surface area contributed by atoms with Crippen molar-refractivity contribution < 1.29 is 4.79 Å². The first kappa shape index (κ1) is 11.5. The van der Waals surface area contributed by atoms with Crippen molar-refractivity contribution in [3.63, 3.8) is 0 Å². The lowest BCUT2D eigenvalue weighted by Crippen LogP contribution is -2.02. The fourth-order valence-electron chi connectivity index (χ4n) is 1.92. The molecule has 3 rings (SSSR count). The lowest BCUT2D eigenvalue weighted by atomic mass is 10.1. The molecule has 0 radical (unpaired) electrons. The molecule has 0 heterocycles. The maximum atomic E-state index is 10.4. The Balaban J connectivity index is 1.87. The SMILES string of the molecule is O=C=NC1(c2ccc(SC3CC3)c(Br)c2)CC1. The fourth-order valence-corrected chi connectivity index (χ4v) is 3.63. The molecule has 1 aromatic carbocycles. The van der Waals surface area contributed by atoms with E-state index in [4.69, 9.17) is 0 Å². The van der Waals surface area contributed by atoms with Gasteiger partial charge in [0.15, 0.2) is 0 Å². The number of carbonyl (C=O) groups excluding carboxylic acids is 1. The predicted octanol–water partition coefficient (Wildman–Crippen LogP) is 4.03. The molecule has 88 valence electrons. The molecule has 1 aromatic rings. The zero-order valence-electron chi connectivity index (χ0n) is 9.28. The molecule has 0 aliphatic heterocycles. The van der Waals surface area contributed by atoms with Gasteiger partial charge in [0.1, 0.15) is 0 Å². The van der Waals surface area contributed by atoms with Gasteiger partial charge < -0.3 is 0 Å². The number of thioether (sulfide) groups is 1. The molecule has 0 amide bonds. The van der Waals surface area contributed by atoms with Gasteiger partial charge in [-0.3, -0.25) is 0 Å². The van der Waals surface area contributed by atoms with Gasteiger partial charge in [0.2, 0.25) is 6.08 Å². The molecule has 4 heteroatoms. The van der Waals surface area contributed by atoms with Crippen LogP contribution in [0.1, 0.15) is 31.2 Å². The molecule has 2 nitrogen and oxygen atoms in total. The molecule has 0 spiro atoms. The first-order valence-corrected chi connectivity index (χ1v) is 7.46. The third-order valence-electron chi connectivity index (χ3n) is 3.27. The Labute approximate surface area is 113 Å². The van der Waals surface area contributed by atoms with Crippen LogP contribution in [-0.4, -0.2) is 11.3 Å². The number of benzene rings is 1. The van der Waals surface area contributed by atoms with Gasteiger partial charge in [-0.05, 0) is 59.3 Å². The fraction of sp³-hybridized carbons (Fsp3) is 0.462. The van der Waals surface area contributed by atoms with Crippen molar-refractivity contribution in [3.05, 3.63) is 28.2 Å². The average molecular weight is 310 g/mol. The van der Waals surface area contributed by atoms with Crippen LogP contribution in [0.2, 0.25) is 0 Å². The van der Waals surface area contributed by atoms with Gasteiger partial charge in [-0.1, -0.05) is 6.07 Å². The summed E-state index contributed by atoms with van der Waals surface area (Å²) in [4.78, 5) is 15.7. The normalized spacial score (nSPS) is 20.8. The van der Waals surface area contributed by atoms with Gasteiger partial charge in [-0.2, -0.15) is 4.99 Å². The van der Waals surface area contributed by atoms with Crippen LogP contribution in [0.25, 0.3) is 0 Å². The monoisotopic (exact) mass is 309 g/mol. The molecule has 0 unspecified atom stereocenters. The summed E-state index contributed by atoms with van der Waals surface area (Å²) >= 11 is 5.55. The largest absolute Gasteiger partial charge is 0.235 e. The minimum atomic E-state index is -0.257. The summed E-state index contributed by atoms with van der Waals surface area (Å²) < 4.78 is 1.12. The summed E-state index contributed by atoms with van der Waals surface area (Å²) in [5.74, 6) is 0. The van der Waals surface area contributed by atoms with Gasteiger partial charge in [0.25, 0.3) is 0 Å². The smallest absolute Gasteiger partial charge is 0.211 e. The molecular weight excluding hydrogens is 298 g/mol. The van der Waals surface area contributed by atoms with E-state index in [1.807, 2.05) is 11.8 Å². The summed E-state index contributed by atoms with van der Waals surface area (Å²) in [6.45, 7) is 0. The molecule has 17 heavy (non-hydrogen) atoms. The Kier molecular flexibility index (Phi) is 2.89. The Hall–Kier alpha value is -0.570. The van der Waals surface area contributed by atoms with Crippen molar-refractivity contribution in [2.24, 2.45) is 4.99 Å². The zero-order valence-corrected chi connectivity index (χ0v) is 11.7. The maximum Gasteiger partial charge on any atom is 0.235 e. The molecule has 2 saturated carbocycles. The Morgan fingerprint density at radius 2 is 2.18 bits per heavy atom. The van der Waals surface area contributed by atoms with E-state index < -0.39 is 0 Å². The van der Waals surface area contributed by atoms with Crippen molar-refractivity contribution in [1.82, 2.24) is 0 Å². The second-order valence-corrected chi connectivity index (χ2v) is 6.89. The lowest BCUT2D eigenvalue weighted by molar-refractivity contribution is 0.556. The van der Waals surface area contributed by atoms with Crippen LogP contribution < -0.4 is 0 Å². The van der Waals surface area contributed by atoms with E-state index in [2.05, 4.69) is 39.1 Å². The second-order valence-electron chi connectivity index (χ2n) is 4.70. The predicted molar refractivity (Wildman–Crippen MR) is 72.1 cm³/mol. The summed E-state index contributed by atoms with van der Waals surface area (Å²) in [5.41, 5.74) is 0.875. The van der Waals surface area contributed by atoms with Gasteiger partial charge in [-0.15, -0.1) is 11.8 Å². The number of nitrogens with zero attached hydrogens (tertiary/aromatic N) is 1. The molecule has 0 saturated heterocycles. The van der Waals surface area contributed by atoms with E-state index in [0.29, 0.717) is 0 Å². The van der Waals surface area contributed by atoms with E-state index in [-0.39, 0.29) is 5.54 Å². The number of halogens is 1. The Morgan fingerprint density at radius 1 is 1.41 bits per heavy atom. The van der Waals surface area contributed by atoms with Crippen molar-refractivity contribution in [3.8, 4) is 0 Å². The molecule has 2 aliphatic rings. The van der Waals surface area contributed by atoms with Crippen molar-refractivity contribution in [1.29, 1.82) is 0 Å². The van der Waals surface area contributed by atoms with Crippen molar-refractivity contribution in [2.75, 3.05) is 0 Å². The topological polar surface area (TPSA) is 29.4 Å². The number of isocyanates is 1. The van der Waals surface area contributed by atoms with Gasteiger partial charge in [0, 0.05) is 14.6 Å². The minimum absolute atomic E-state index is 0.257. The lowest BCUT2D eigenvalue weighted by Gasteiger charge is -2.11.